The number of carbonyl (C=O) groups is 2. The van der Waals surface area contributed by atoms with E-state index in [1.807, 2.05) is 57.0 Å². The minimum Gasteiger partial charge on any atom is -0.342 e. The van der Waals surface area contributed by atoms with Crippen LogP contribution in [0.25, 0.3) is 11.0 Å². The number of likely N-dealkylation sites (tertiary alicyclic amines) is 1. The second kappa shape index (κ2) is 10.3. The Bertz CT molecular complexity index is 1290. The van der Waals surface area contributed by atoms with Crippen LogP contribution >= 0.6 is 0 Å². The van der Waals surface area contributed by atoms with Crippen molar-refractivity contribution in [1.29, 1.82) is 0 Å². The zero-order valence-electron chi connectivity index (χ0n) is 20.9. The molecule has 1 unspecified atom stereocenters. The van der Waals surface area contributed by atoms with Crippen LogP contribution in [-0.4, -0.2) is 51.2 Å². The van der Waals surface area contributed by atoms with Crippen molar-refractivity contribution in [2.45, 2.75) is 46.5 Å². The average molecular weight is 479 g/mol. The first kappa shape index (κ1) is 24.5. The fraction of sp³-hybridized carbons (Fsp3) is 0.462. The monoisotopic (exact) mass is 478 g/mol. The van der Waals surface area contributed by atoms with Gasteiger partial charge in [-0.2, -0.15) is 5.10 Å². The lowest BCUT2D eigenvalue weighted by Gasteiger charge is -2.33. The molecule has 9 heteroatoms. The maximum absolute atomic E-state index is 13.0. The number of hydrogen-bond donors (Lipinski definition) is 3. The summed E-state index contributed by atoms with van der Waals surface area (Å²) in [6.07, 6.45) is 2.54. The van der Waals surface area contributed by atoms with Gasteiger partial charge in [-0.05, 0) is 63.6 Å². The standard InChI is InChI=1S/C26H34N6O3/c1-16-7-9-20(10-8-16)28-26(35)27-14-19-6-5-13-32(15-19)22(33)12-11-21-17(2)23-18(3)30-31(4)24(23)29-25(21)34/h7-10,19H,5-6,11-15H2,1-4H3,(H,29,34)(H2,27,28,35). The Morgan fingerprint density at radius 1 is 1.17 bits per heavy atom. The topological polar surface area (TPSA) is 112 Å². The second-order valence-electron chi connectivity index (χ2n) is 9.54. The SMILES string of the molecule is Cc1ccc(NC(=O)NCC2CCCN(C(=O)CCc3c(C)c4c(C)nn(C)c4[nH]c3=O)C2)cc1. The molecule has 3 amide bonds. The fourth-order valence-electron chi connectivity index (χ4n) is 4.95. The molecular formula is C26H34N6O3. The van der Waals surface area contributed by atoms with Gasteiger partial charge >= 0.3 is 6.03 Å². The molecule has 186 valence electrons. The summed E-state index contributed by atoms with van der Waals surface area (Å²) in [5, 5.41) is 11.1. The summed E-state index contributed by atoms with van der Waals surface area (Å²) < 4.78 is 1.68. The molecule has 0 radical (unpaired) electrons. The first-order valence-electron chi connectivity index (χ1n) is 12.2. The Labute approximate surface area is 204 Å². The van der Waals surface area contributed by atoms with Gasteiger partial charge in [0.25, 0.3) is 5.56 Å². The van der Waals surface area contributed by atoms with Crippen LogP contribution in [-0.2, 0) is 18.3 Å². The van der Waals surface area contributed by atoms with Crippen molar-refractivity contribution in [3.63, 3.8) is 0 Å². The van der Waals surface area contributed by atoms with Crippen LogP contribution in [0.1, 0.15) is 41.6 Å². The number of carbonyl (C=O) groups excluding carboxylic acids is 2. The molecule has 1 aromatic carbocycles. The smallest absolute Gasteiger partial charge is 0.319 e. The lowest BCUT2D eigenvalue weighted by atomic mass is 9.97. The van der Waals surface area contributed by atoms with E-state index in [2.05, 4.69) is 20.7 Å². The third-order valence-corrected chi connectivity index (χ3v) is 6.88. The molecule has 35 heavy (non-hydrogen) atoms. The van der Waals surface area contributed by atoms with E-state index in [1.54, 1.807) is 4.68 Å². The number of aromatic amines is 1. The lowest BCUT2D eigenvalue weighted by Crippen LogP contribution is -2.44. The van der Waals surface area contributed by atoms with Gasteiger partial charge in [0, 0.05) is 49.7 Å². The number of hydrogen-bond acceptors (Lipinski definition) is 4. The van der Waals surface area contributed by atoms with E-state index in [-0.39, 0.29) is 29.8 Å². The number of piperidine rings is 1. The van der Waals surface area contributed by atoms with Crippen LogP contribution in [0.2, 0.25) is 0 Å². The number of nitrogens with one attached hydrogen (secondary N) is 3. The summed E-state index contributed by atoms with van der Waals surface area (Å²) in [6, 6.07) is 7.40. The predicted molar refractivity (Wildman–Crippen MR) is 137 cm³/mol. The maximum atomic E-state index is 13.0. The van der Waals surface area contributed by atoms with Gasteiger partial charge in [0.1, 0.15) is 5.65 Å². The minimum atomic E-state index is -0.243. The Morgan fingerprint density at radius 3 is 2.66 bits per heavy atom. The average Bonchev–Trinajstić information content (AvgIpc) is 3.12. The molecule has 2 aromatic heterocycles. The van der Waals surface area contributed by atoms with Crippen molar-refractivity contribution in [3.8, 4) is 0 Å². The molecule has 1 aliphatic rings. The van der Waals surface area contributed by atoms with Gasteiger partial charge in [-0.25, -0.2) is 4.79 Å². The number of H-pyrrole nitrogens is 1. The van der Waals surface area contributed by atoms with E-state index in [9.17, 15) is 14.4 Å². The molecule has 9 nitrogen and oxygen atoms in total. The van der Waals surface area contributed by atoms with E-state index in [0.717, 1.165) is 40.7 Å². The zero-order chi connectivity index (χ0) is 25.1. The van der Waals surface area contributed by atoms with Gasteiger partial charge in [0.2, 0.25) is 5.91 Å². The summed E-state index contributed by atoms with van der Waals surface area (Å²) in [4.78, 5) is 42.7. The summed E-state index contributed by atoms with van der Waals surface area (Å²) in [6.45, 7) is 7.68. The van der Waals surface area contributed by atoms with Gasteiger partial charge in [-0.3, -0.25) is 14.3 Å². The number of benzene rings is 1. The van der Waals surface area contributed by atoms with Crippen molar-refractivity contribution in [3.05, 3.63) is 57.0 Å². The van der Waals surface area contributed by atoms with E-state index >= 15 is 0 Å². The third kappa shape index (κ3) is 5.55. The third-order valence-electron chi connectivity index (χ3n) is 6.88. The highest BCUT2D eigenvalue weighted by Crippen LogP contribution is 2.22. The number of aryl methyl sites for hydroxylation is 4. The molecule has 4 rings (SSSR count). The van der Waals surface area contributed by atoms with Crippen LogP contribution < -0.4 is 16.2 Å². The van der Waals surface area contributed by atoms with E-state index in [1.165, 1.54) is 0 Å². The number of nitrogens with zero attached hydrogens (tertiary/aromatic N) is 3. The van der Waals surface area contributed by atoms with Crippen LogP contribution in [0, 0.1) is 26.7 Å². The first-order chi connectivity index (χ1) is 16.7. The molecule has 1 fully saturated rings. The molecule has 3 aromatic rings. The second-order valence-corrected chi connectivity index (χ2v) is 9.54. The van der Waals surface area contributed by atoms with Crippen LogP contribution in [0.4, 0.5) is 10.5 Å². The molecule has 0 spiro atoms. The van der Waals surface area contributed by atoms with Crippen LogP contribution in [0.15, 0.2) is 29.1 Å². The van der Waals surface area contributed by atoms with Crippen molar-refractivity contribution in [2.75, 3.05) is 25.0 Å². The molecule has 1 saturated heterocycles. The fourth-order valence-corrected chi connectivity index (χ4v) is 4.95. The number of rotatable bonds is 6. The number of aromatic nitrogens is 3. The molecule has 0 bridgehead atoms. The molecule has 3 N–H and O–H groups in total. The van der Waals surface area contributed by atoms with Crippen molar-refractivity contribution >= 4 is 28.7 Å². The molecule has 0 aliphatic carbocycles. The van der Waals surface area contributed by atoms with Gasteiger partial charge in [0.05, 0.1) is 5.69 Å². The Kier molecular flexibility index (Phi) is 7.23. The Balaban J connectivity index is 1.31. The van der Waals surface area contributed by atoms with Gasteiger partial charge in [0.15, 0.2) is 0 Å². The molecule has 1 aliphatic heterocycles. The highest BCUT2D eigenvalue weighted by Gasteiger charge is 2.24. The normalized spacial score (nSPS) is 15.9. The first-order valence-corrected chi connectivity index (χ1v) is 12.2. The molecule has 1 atom stereocenters. The maximum Gasteiger partial charge on any atom is 0.319 e. The number of pyridine rings is 1. The van der Waals surface area contributed by atoms with Crippen LogP contribution in [0.3, 0.4) is 0 Å². The van der Waals surface area contributed by atoms with E-state index in [4.69, 9.17) is 0 Å². The quantitative estimate of drug-likeness (QED) is 0.505. The number of urea groups is 1. The summed E-state index contributed by atoms with van der Waals surface area (Å²) in [5.41, 5.74) is 4.83. The highest BCUT2D eigenvalue weighted by atomic mass is 16.2. The van der Waals surface area contributed by atoms with Crippen molar-refractivity contribution in [1.82, 2.24) is 25.0 Å². The number of fused-ring (bicyclic) bond motifs is 1. The van der Waals surface area contributed by atoms with Crippen molar-refractivity contribution in [2.24, 2.45) is 13.0 Å². The summed E-state index contributed by atoms with van der Waals surface area (Å²) in [7, 11) is 1.81. The lowest BCUT2D eigenvalue weighted by molar-refractivity contribution is -0.132. The summed E-state index contributed by atoms with van der Waals surface area (Å²) >= 11 is 0. The van der Waals surface area contributed by atoms with Gasteiger partial charge in [-0.15, -0.1) is 0 Å². The predicted octanol–water partition coefficient (Wildman–Crippen LogP) is 3.18. The van der Waals surface area contributed by atoms with E-state index in [0.29, 0.717) is 37.3 Å². The number of anilines is 1. The number of amides is 3. The molecular weight excluding hydrogens is 444 g/mol. The van der Waals surface area contributed by atoms with Crippen LogP contribution in [0.5, 0.6) is 0 Å². The zero-order valence-corrected chi connectivity index (χ0v) is 20.9. The largest absolute Gasteiger partial charge is 0.342 e. The van der Waals surface area contributed by atoms with Crippen molar-refractivity contribution < 1.29 is 9.59 Å². The molecule has 3 heterocycles. The summed E-state index contributed by atoms with van der Waals surface area (Å²) in [5.74, 6) is 0.247. The van der Waals surface area contributed by atoms with Gasteiger partial charge < -0.3 is 20.5 Å². The molecule has 0 saturated carbocycles. The van der Waals surface area contributed by atoms with Gasteiger partial charge in [-0.1, -0.05) is 17.7 Å². The van der Waals surface area contributed by atoms with E-state index < -0.39 is 0 Å². The Hall–Kier alpha value is -3.62. The highest BCUT2D eigenvalue weighted by molar-refractivity contribution is 5.89. The minimum absolute atomic E-state index is 0.0422. The Morgan fingerprint density at radius 2 is 1.91 bits per heavy atom.